The lowest BCUT2D eigenvalue weighted by Crippen LogP contribution is -2.50. The van der Waals surface area contributed by atoms with Crippen LogP contribution in [0.2, 0.25) is 5.02 Å². The highest BCUT2D eigenvalue weighted by Gasteiger charge is 2.30. The van der Waals surface area contributed by atoms with Crippen LogP contribution in [0.5, 0.6) is 5.75 Å². The SMILES string of the molecule is COc1ccc(CN(C(=O)CCc2ccccc2)[C@H](Cc2ccccc2)C(=O)NCc2ccc(Cl)cc2)cc1. The number of carbonyl (C=O) groups is 2. The van der Waals surface area contributed by atoms with Crippen LogP contribution >= 0.6 is 11.6 Å². The first-order chi connectivity index (χ1) is 19.0. The lowest BCUT2D eigenvalue weighted by atomic mass is 10.0. The second kappa shape index (κ2) is 14.2. The summed E-state index contributed by atoms with van der Waals surface area (Å²) in [6.07, 6.45) is 1.31. The molecule has 6 heteroatoms. The van der Waals surface area contributed by atoms with E-state index in [0.29, 0.717) is 37.4 Å². The van der Waals surface area contributed by atoms with Crippen molar-refractivity contribution in [1.29, 1.82) is 0 Å². The first-order valence-corrected chi connectivity index (χ1v) is 13.4. The molecule has 0 heterocycles. The van der Waals surface area contributed by atoms with E-state index in [2.05, 4.69) is 5.32 Å². The molecule has 0 spiro atoms. The molecular formula is C33H33ClN2O3. The highest BCUT2D eigenvalue weighted by Crippen LogP contribution is 2.19. The summed E-state index contributed by atoms with van der Waals surface area (Å²) in [5.41, 5.74) is 3.93. The van der Waals surface area contributed by atoms with Gasteiger partial charge >= 0.3 is 0 Å². The van der Waals surface area contributed by atoms with Crippen molar-refractivity contribution in [3.63, 3.8) is 0 Å². The van der Waals surface area contributed by atoms with Crippen LogP contribution in [-0.4, -0.2) is 29.9 Å². The number of carbonyl (C=O) groups excluding carboxylic acids is 2. The van der Waals surface area contributed by atoms with Crippen molar-refractivity contribution in [2.75, 3.05) is 7.11 Å². The van der Waals surface area contributed by atoms with Crippen LogP contribution in [0.4, 0.5) is 0 Å². The number of halogens is 1. The van der Waals surface area contributed by atoms with Crippen LogP contribution in [0.3, 0.4) is 0 Å². The molecule has 4 rings (SSSR count). The standard InChI is InChI=1S/C33H33ClN2O3/c1-39-30-19-14-28(15-20-30)24-36(32(37)21-16-25-8-4-2-5-9-25)31(22-26-10-6-3-7-11-26)33(38)35-23-27-12-17-29(34)18-13-27/h2-15,17-20,31H,16,21-24H2,1H3,(H,35,38)/t31-/m1/s1. The Kier molecular flexibility index (Phi) is 10.1. The fraction of sp³-hybridized carbons (Fsp3) is 0.212. The molecule has 4 aromatic rings. The van der Waals surface area contributed by atoms with Crippen molar-refractivity contribution < 1.29 is 14.3 Å². The van der Waals surface area contributed by atoms with Gasteiger partial charge < -0.3 is 15.0 Å². The molecule has 0 aromatic heterocycles. The number of nitrogens with zero attached hydrogens (tertiary/aromatic N) is 1. The summed E-state index contributed by atoms with van der Waals surface area (Å²) in [7, 11) is 1.62. The van der Waals surface area contributed by atoms with Crippen molar-refractivity contribution in [2.45, 2.75) is 38.4 Å². The number of methoxy groups -OCH3 is 1. The Morgan fingerprint density at radius 2 is 1.36 bits per heavy atom. The molecular weight excluding hydrogens is 508 g/mol. The Bertz CT molecular complexity index is 1330. The van der Waals surface area contributed by atoms with Gasteiger partial charge in [0.1, 0.15) is 11.8 Å². The molecule has 1 atom stereocenters. The zero-order valence-corrected chi connectivity index (χ0v) is 22.8. The highest BCUT2D eigenvalue weighted by atomic mass is 35.5. The van der Waals surface area contributed by atoms with Crippen LogP contribution < -0.4 is 10.1 Å². The number of benzene rings is 4. The molecule has 0 fully saturated rings. The monoisotopic (exact) mass is 540 g/mol. The summed E-state index contributed by atoms with van der Waals surface area (Å²) in [5, 5.41) is 3.70. The summed E-state index contributed by atoms with van der Waals surface area (Å²) < 4.78 is 5.30. The molecule has 39 heavy (non-hydrogen) atoms. The predicted molar refractivity (Wildman–Crippen MR) is 156 cm³/mol. The molecule has 0 bridgehead atoms. The van der Waals surface area contributed by atoms with E-state index < -0.39 is 6.04 Å². The second-order valence-corrected chi connectivity index (χ2v) is 9.84. The Morgan fingerprint density at radius 1 is 0.769 bits per heavy atom. The summed E-state index contributed by atoms with van der Waals surface area (Å²) in [4.78, 5) is 29.3. The van der Waals surface area contributed by atoms with Crippen molar-refractivity contribution >= 4 is 23.4 Å². The summed E-state index contributed by atoms with van der Waals surface area (Å²) in [5.74, 6) is 0.467. The molecule has 0 saturated carbocycles. The maximum atomic E-state index is 13.8. The smallest absolute Gasteiger partial charge is 0.243 e. The largest absolute Gasteiger partial charge is 0.497 e. The van der Waals surface area contributed by atoms with Gasteiger partial charge in [-0.25, -0.2) is 0 Å². The fourth-order valence-corrected chi connectivity index (χ4v) is 4.56. The molecule has 1 N–H and O–H groups in total. The third-order valence-electron chi connectivity index (χ3n) is 6.63. The van der Waals surface area contributed by atoms with Gasteiger partial charge in [0.05, 0.1) is 7.11 Å². The number of amides is 2. The zero-order chi connectivity index (χ0) is 27.5. The number of hydrogen-bond acceptors (Lipinski definition) is 3. The lowest BCUT2D eigenvalue weighted by Gasteiger charge is -2.32. The average Bonchev–Trinajstić information content (AvgIpc) is 2.98. The molecule has 2 amide bonds. The minimum atomic E-state index is -0.690. The van der Waals surface area contributed by atoms with Gasteiger partial charge in [0.15, 0.2) is 0 Å². The Labute approximate surface area is 235 Å². The summed E-state index contributed by atoms with van der Waals surface area (Å²) in [6.45, 7) is 0.652. The van der Waals surface area contributed by atoms with Gasteiger partial charge in [-0.15, -0.1) is 0 Å². The summed E-state index contributed by atoms with van der Waals surface area (Å²) in [6, 6.07) is 34.0. The normalized spacial score (nSPS) is 11.4. The van der Waals surface area contributed by atoms with Crippen LogP contribution in [0.1, 0.15) is 28.7 Å². The van der Waals surface area contributed by atoms with Gasteiger partial charge in [0, 0.05) is 31.0 Å². The molecule has 200 valence electrons. The maximum absolute atomic E-state index is 13.8. The van der Waals surface area contributed by atoms with E-state index in [9.17, 15) is 9.59 Å². The van der Waals surface area contributed by atoms with E-state index >= 15 is 0 Å². The second-order valence-electron chi connectivity index (χ2n) is 9.41. The third kappa shape index (κ3) is 8.45. The van der Waals surface area contributed by atoms with Crippen LogP contribution in [0.15, 0.2) is 109 Å². The van der Waals surface area contributed by atoms with Gasteiger partial charge in [0.25, 0.3) is 0 Å². The van der Waals surface area contributed by atoms with Crippen molar-refractivity contribution in [3.05, 3.63) is 136 Å². The number of ether oxygens (including phenoxy) is 1. The molecule has 0 aliphatic heterocycles. The topological polar surface area (TPSA) is 58.6 Å². The zero-order valence-electron chi connectivity index (χ0n) is 22.1. The quantitative estimate of drug-likeness (QED) is 0.231. The van der Waals surface area contributed by atoms with E-state index in [1.54, 1.807) is 24.1 Å². The Hall–Kier alpha value is -4.09. The minimum absolute atomic E-state index is 0.0720. The average molecular weight is 541 g/mol. The molecule has 4 aromatic carbocycles. The van der Waals surface area contributed by atoms with Crippen LogP contribution in [0, 0.1) is 0 Å². The molecule has 0 unspecified atom stereocenters. The first kappa shape index (κ1) is 27.9. The van der Waals surface area contributed by atoms with Gasteiger partial charge in [-0.2, -0.15) is 0 Å². The van der Waals surface area contributed by atoms with E-state index in [4.69, 9.17) is 16.3 Å². The fourth-order valence-electron chi connectivity index (χ4n) is 4.43. The minimum Gasteiger partial charge on any atom is -0.497 e. The maximum Gasteiger partial charge on any atom is 0.243 e. The van der Waals surface area contributed by atoms with Gasteiger partial charge in [-0.05, 0) is 52.9 Å². The first-order valence-electron chi connectivity index (χ1n) is 13.0. The molecule has 0 aliphatic carbocycles. The van der Waals surface area contributed by atoms with E-state index in [1.807, 2.05) is 97.1 Å². The molecule has 0 saturated heterocycles. The predicted octanol–water partition coefficient (Wildman–Crippen LogP) is 6.24. The van der Waals surface area contributed by atoms with E-state index in [0.717, 1.165) is 28.0 Å². The Balaban J connectivity index is 1.60. The van der Waals surface area contributed by atoms with Gasteiger partial charge in [0.2, 0.25) is 11.8 Å². The summed E-state index contributed by atoms with van der Waals surface area (Å²) >= 11 is 6.02. The van der Waals surface area contributed by atoms with Gasteiger partial charge in [-0.1, -0.05) is 96.5 Å². The molecule has 5 nitrogen and oxygen atoms in total. The van der Waals surface area contributed by atoms with E-state index in [1.165, 1.54) is 0 Å². The van der Waals surface area contributed by atoms with Crippen LogP contribution in [-0.2, 0) is 35.5 Å². The van der Waals surface area contributed by atoms with E-state index in [-0.39, 0.29) is 11.8 Å². The van der Waals surface area contributed by atoms with Crippen molar-refractivity contribution in [1.82, 2.24) is 10.2 Å². The highest BCUT2D eigenvalue weighted by molar-refractivity contribution is 6.30. The molecule has 0 radical (unpaired) electrons. The number of hydrogen-bond donors (Lipinski definition) is 1. The Morgan fingerprint density at radius 3 is 1.97 bits per heavy atom. The van der Waals surface area contributed by atoms with Crippen molar-refractivity contribution in [3.8, 4) is 5.75 Å². The number of nitrogens with one attached hydrogen (secondary N) is 1. The lowest BCUT2D eigenvalue weighted by molar-refractivity contribution is -0.141. The number of aryl methyl sites for hydroxylation is 1. The van der Waals surface area contributed by atoms with Gasteiger partial charge in [-0.3, -0.25) is 9.59 Å². The molecule has 0 aliphatic rings. The van der Waals surface area contributed by atoms with Crippen LogP contribution in [0.25, 0.3) is 0 Å². The number of rotatable bonds is 12. The third-order valence-corrected chi connectivity index (χ3v) is 6.89. The van der Waals surface area contributed by atoms with Crippen molar-refractivity contribution in [2.24, 2.45) is 0 Å².